The molecule has 0 spiro atoms. The fourth-order valence-electron chi connectivity index (χ4n) is 9.52. The summed E-state index contributed by atoms with van der Waals surface area (Å²) in [7, 11) is -5.93. The molecule has 0 bridgehead atoms. The van der Waals surface area contributed by atoms with E-state index in [-0.39, 0.29) is 59.1 Å². The Balaban J connectivity index is 0.00000384. The maximum absolute atomic E-state index is 11.3. The predicted molar refractivity (Wildman–Crippen MR) is 190 cm³/mol. The molecule has 4 saturated carbocycles. The fourth-order valence-corrected chi connectivity index (χ4v) is 15.4. The minimum Gasteiger partial charge on any atom is -0.748 e. The van der Waals surface area contributed by atoms with Gasteiger partial charge >= 0.3 is 59.1 Å². The monoisotopic (exact) mass is 752 g/mol. The molecule has 4 rings (SSSR count). The van der Waals surface area contributed by atoms with E-state index in [1.807, 2.05) is 0 Å². The van der Waals surface area contributed by atoms with Crippen molar-refractivity contribution in [2.75, 3.05) is 0 Å². The van der Waals surface area contributed by atoms with Crippen LogP contribution >= 0.6 is 17.2 Å². The van der Waals surface area contributed by atoms with E-state index in [4.69, 9.17) is 0 Å². The van der Waals surface area contributed by atoms with Gasteiger partial charge in [0.1, 0.15) is 0 Å². The Hall–Kier alpha value is 2.68. The summed E-state index contributed by atoms with van der Waals surface area (Å²) < 4.78 is 67.6. The molecule has 0 aromatic carbocycles. The van der Waals surface area contributed by atoms with Gasteiger partial charge in [-0.25, -0.2) is 16.8 Å². The van der Waals surface area contributed by atoms with Crippen LogP contribution in [0.25, 0.3) is 0 Å². The van der Waals surface area contributed by atoms with Crippen LogP contribution in [0.2, 0.25) is 0 Å². The van der Waals surface area contributed by atoms with Crippen molar-refractivity contribution in [1.29, 1.82) is 0 Å². The molecule has 4 fully saturated rings. The number of hydrogen-bond acceptors (Lipinski definition) is 6. The maximum Gasteiger partial charge on any atom is 1.00 e. The van der Waals surface area contributed by atoms with Gasteiger partial charge in [0.25, 0.3) is 0 Å². The minimum atomic E-state index is -4.09. The van der Waals surface area contributed by atoms with Gasteiger partial charge in [0.15, 0.2) is 0 Å². The van der Waals surface area contributed by atoms with E-state index >= 15 is 0 Å². The molecule has 0 aromatic rings. The largest absolute Gasteiger partial charge is 1.00 e. The van der Waals surface area contributed by atoms with E-state index in [9.17, 15) is 25.9 Å². The molecule has 47 heavy (non-hydrogen) atoms. The van der Waals surface area contributed by atoms with Crippen LogP contribution in [-0.4, -0.2) is 59.1 Å². The van der Waals surface area contributed by atoms with Crippen molar-refractivity contribution in [2.45, 2.75) is 195 Å². The van der Waals surface area contributed by atoms with Gasteiger partial charge in [0.05, 0.1) is 20.2 Å². The summed E-state index contributed by atoms with van der Waals surface area (Å²) in [6, 6.07) is 0. The second-order valence-corrected chi connectivity index (χ2v) is 23.5. The summed E-state index contributed by atoms with van der Waals surface area (Å²) in [4.78, 5) is 0. The van der Waals surface area contributed by atoms with Crippen LogP contribution in [0.4, 0.5) is 0 Å². The zero-order chi connectivity index (χ0) is 32.5. The molecule has 0 aliphatic heterocycles. The Kier molecular flexibility index (Phi) is 22.2. The average Bonchev–Trinajstić information content (AvgIpc) is 2.98. The standard InChI is InChI=1S/C35H66O6P2S2.2Na/c1-26(42-32-17-9-28(10-18-32)5-3-7-30-13-21-34(22-14-30)44(36,37)38)25-27(2)43-33-19-11-29(12-20-33)6-4-8-31-15-23-35(24-16-31)45(39,40)41;;/h26-35,42-43H,3-25H2,1-2H3,(H,36,37,38)(H,39,40,41);;/q;2*+1/p-2. The molecule has 6 nitrogen and oxygen atoms in total. The quantitative estimate of drug-likeness (QED) is 0.136. The van der Waals surface area contributed by atoms with Gasteiger partial charge in [0.2, 0.25) is 0 Å². The minimum absolute atomic E-state index is 0. The van der Waals surface area contributed by atoms with Crippen molar-refractivity contribution in [2.24, 2.45) is 23.7 Å². The molecular formula is C35H64Na2O6P2S2. The Bertz CT molecular complexity index is 982. The van der Waals surface area contributed by atoms with Gasteiger partial charge in [-0.05, 0) is 155 Å². The third-order valence-electron chi connectivity index (χ3n) is 12.3. The number of rotatable bonds is 16. The van der Waals surface area contributed by atoms with Crippen LogP contribution in [0.1, 0.15) is 162 Å². The molecule has 4 unspecified atom stereocenters. The van der Waals surface area contributed by atoms with E-state index in [0.717, 1.165) is 77.3 Å². The zero-order valence-electron chi connectivity index (χ0n) is 30.3. The van der Waals surface area contributed by atoms with E-state index in [2.05, 4.69) is 13.8 Å². The Morgan fingerprint density at radius 2 is 0.745 bits per heavy atom. The van der Waals surface area contributed by atoms with Gasteiger partial charge in [-0.2, -0.15) is 0 Å². The molecule has 0 saturated heterocycles. The molecule has 4 aliphatic carbocycles. The molecule has 0 N–H and O–H groups in total. The summed E-state index contributed by atoms with van der Waals surface area (Å²) in [6.45, 7) is 5.03. The van der Waals surface area contributed by atoms with Crippen LogP contribution in [0, 0.1) is 23.7 Å². The summed E-state index contributed by atoms with van der Waals surface area (Å²) in [6.07, 6.45) is 26.3. The van der Waals surface area contributed by atoms with Gasteiger partial charge in [-0.3, -0.25) is 0 Å². The molecule has 12 heteroatoms. The van der Waals surface area contributed by atoms with Crippen molar-refractivity contribution < 1.29 is 85.1 Å². The van der Waals surface area contributed by atoms with Crippen molar-refractivity contribution in [1.82, 2.24) is 0 Å². The van der Waals surface area contributed by atoms with Gasteiger partial charge in [0, 0.05) is 10.5 Å². The molecule has 264 valence electrons. The van der Waals surface area contributed by atoms with Crippen molar-refractivity contribution >= 4 is 37.4 Å². The molecule has 0 heterocycles. The van der Waals surface area contributed by atoms with Crippen LogP contribution < -0.4 is 59.1 Å². The molecular weight excluding hydrogens is 688 g/mol. The normalized spacial score (nSPS) is 34.1. The van der Waals surface area contributed by atoms with Gasteiger partial charge in [-0.15, -0.1) is 17.2 Å². The Morgan fingerprint density at radius 3 is 1.00 bits per heavy atom. The van der Waals surface area contributed by atoms with Crippen LogP contribution in [0.5, 0.6) is 0 Å². The Labute approximate surface area is 337 Å². The molecule has 0 aromatic heterocycles. The van der Waals surface area contributed by atoms with E-state index < -0.39 is 30.7 Å². The molecule has 0 radical (unpaired) electrons. The van der Waals surface area contributed by atoms with Crippen molar-refractivity contribution in [3.63, 3.8) is 0 Å². The van der Waals surface area contributed by atoms with Crippen LogP contribution in [-0.2, 0) is 20.2 Å². The van der Waals surface area contributed by atoms with E-state index in [0.29, 0.717) is 37.5 Å². The first-order valence-electron chi connectivity index (χ1n) is 18.8. The fraction of sp³-hybridized carbons (Fsp3) is 1.00. The van der Waals surface area contributed by atoms with Crippen molar-refractivity contribution in [3.05, 3.63) is 0 Å². The third-order valence-corrected chi connectivity index (χ3v) is 18.6. The van der Waals surface area contributed by atoms with Crippen molar-refractivity contribution in [3.8, 4) is 0 Å². The number of hydrogen-bond donors (Lipinski definition) is 0. The first kappa shape index (κ1) is 45.8. The first-order chi connectivity index (χ1) is 21.3. The second-order valence-electron chi connectivity index (χ2n) is 15.9. The zero-order valence-corrected chi connectivity index (χ0v) is 37.9. The summed E-state index contributed by atoms with van der Waals surface area (Å²) in [5, 5.41) is -1.25. The van der Waals surface area contributed by atoms with Gasteiger partial charge in [-0.1, -0.05) is 52.4 Å². The topological polar surface area (TPSA) is 114 Å². The SMILES string of the molecule is CC(CC(C)PC1CCC(CCCC2CCC(S(=O)(=O)[O-])CC2)CC1)PC1CCC(CCCC2CCC(S(=O)(=O)[O-])CC2)CC1.[Na+].[Na+]. The van der Waals surface area contributed by atoms with E-state index in [1.165, 1.54) is 96.3 Å². The molecule has 0 amide bonds. The van der Waals surface area contributed by atoms with Gasteiger partial charge < -0.3 is 9.11 Å². The summed E-state index contributed by atoms with van der Waals surface area (Å²) in [5.41, 5.74) is 3.62. The van der Waals surface area contributed by atoms with E-state index in [1.54, 1.807) is 0 Å². The summed E-state index contributed by atoms with van der Waals surface area (Å²) >= 11 is 0. The summed E-state index contributed by atoms with van der Waals surface area (Å²) in [5.74, 6) is 3.04. The van der Waals surface area contributed by atoms with Crippen LogP contribution in [0.15, 0.2) is 0 Å². The molecule has 4 aliphatic rings. The first-order valence-corrected chi connectivity index (χ1v) is 24.0. The predicted octanol–water partition coefficient (Wildman–Crippen LogP) is 3.18. The van der Waals surface area contributed by atoms with Crippen LogP contribution in [0.3, 0.4) is 0 Å². The second kappa shape index (κ2) is 22.8. The maximum atomic E-state index is 11.3. The Morgan fingerprint density at radius 1 is 0.489 bits per heavy atom. The molecule has 4 atom stereocenters. The third kappa shape index (κ3) is 17.1. The average molecular weight is 753 g/mol. The smallest absolute Gasteiger partial charge is 0.748 e.